The Labute approximate surface area is 102 Å². The van der Waals surface area contributed by atoms with Crippen molar-refractivity contribution in [3.8, 4) is 0 Å². The largest absolute Gasteiger partial charge is 0.0958 e. The molecule has 0 fully saturated rings. The molecule has 0 aromatic carbocycles. The van der Waals surface area contributed by atoms with E-state index in [0.717, 1.165) is 5.92 Å². The summed E-state index contributed by atoms with van der Waals surface area (Å²) in [5.74, 6) is 0.892. The van der Waals surface area contributed by atoms with E-state index < -0.39 is 0 Å². The van der Waals surface area contributed by atoms with Gasteiger partial charge in [-0.05, 0) is 32.1 Å². The molecule has 0 aliphatic heterocycles. The van der Waals surface area contributed by atoms with Crippen LogP contribution in [0.5, 0.6) is 0 Å². The van der Waals surface area contributed by atoms with Gasteiger partial charge in [-0.15, -0.1) is 0 Å². The molecule has 1 unspecified atom stereocenters. The molecule has 1 aliphatic carbocycles. The van der Waals surface area contributed by atoms with Gasteiger partial charge in [-0.25, -0.2) is 0 Å². The van der Waals surface area contributed by atoms with Gasteiger partial charge in [0.05, 0.1) is 0 Å². The summed E-state index contributed by atoms with van der Waals surface area (Å²) in [6, 6.07) is 0. The lowest BCUT2D eigenvalue weighted by atomic mass is 9.84. The van der Waals surface area contributed by atoms with Crippen LogP contribution in [0.3, 0.4) is 0 Å². The minimum atomic E-state index is 0.892. The zero-order chi connectivity index (χ0) is 11.8. The molecule has 1 atom stereocenters. The zero-order valence-electron chi connectivity index (χ0n) is 11.2. The van der Waals surface area contributed by atoms with Gasteiger partial charge >= 0.3 is 0 Å². The van der Waals surface area contributed by atoms with Gasteiger partial charge in [0.2, 0.25) is 0 Å². The second kappa shape index (κ2) is 7.70. The third-order valence-corrected chi connectivity index (χ3v) is 3.58. The molecule has 0 saturated heterocycles. The fourth-order valence-electron chi connectivity index (χ4n) is 2.78. The Kier molecular flexibility index (Phi) is 6.52. The molecule has 1 rings (SSSR count). The maximum absolute atomic E-state index is 4.11. The van der Waals surface area contributed by atoms with E-state index in [9.17, 15) is 0 Å². The van der Waals surface area contributed by atoms with E-state index in [1.807, 2.05) is 0 Å². The summed E-state index contributed by atoms with van der Waals surface area (Å²) in [6.07, 6.45) is 14.8. The van der Waals surface area contributed by atoms with E-state index >= 15 is 0 Å². The van der Waals surface area contributed by atoms with Crippen LogP contribution >= 0.6 is 0 Å². The van der Waals surface area contributed by atoms with Crippen LogP contribution in [-0.4, -0.2) is 0 Å². The lowest BCUT2D eigenvalue weighted by molar-refractivity contribution is 0.437. The molecule has 0 spiro atoms. The van der Waals surface area contributed by atoms with E-state index in [4.69, 9.17) is 0 Å². The molecule has 0 radical (unpaired) electrons. The van der Waals surface area contributed by atoms with Crippen LogP contribution in [0.4, 0.5) is 0 Å². The van der Waals surface area contributed by atoms with Crippen molar-refractivity contribution in [2.24, 2.45) is 5.92 Å². The molecule has 0 bridgehead atoms. The van der Waals surface area contributed by atoms with Crippen molar-refractivity contribution in [2.75, 3.05) is 0 Å². The number of hydrogen-bond donors (Lipinski definition) is 0. The van der Waals surface area contributed by atoms with Crippen molar-refractivity contribution in [2.45, 2.75) is 71.6 Å². The summed E-state index contributed by atoms with van der Waals surface area (Å²) in [5, 5.41) is 0. The number of unbranched alkanes of at least 4 members (excludes halogenated alkanes) is 5. The fourth-order valence-corrected chi connectivity index (χ4v) is 2.78. The van der Waals surface area contributed by atoms with Gasteiger partial charge in [-0.3, -0.25) is 0 Å². The van der Waals surface area contributed by atoms with Crippen molar-refractivity contribution in [1.29, 1.82) is 0 Å². The van der Waals surface area contributed by atoms with Crippen LogP contribution in [0.1, 0.15) is 71.6 Å². The summed E-state index contributed by atoms with van der Waals surface area (Å²) < 4.78 is 0. The number of rotatable bonds is 7. The quantitative estimate of drug-likeness (QED) is 0.486. The molecule has 0 saturated carbocycles. The van der Waals surface area contributed by atoms with Gasteiger partial charge in [0.25, 0.3) is 0 Å². The van der Waals surface area contributed by atoms with Gasteiger partial charge in [0, 0.05) is 0 Å². The van der Waals surface area contributed by atoms with Gasteiger partial charge < -0.3 is 0 Å². The minimum absolute atomic E-state index is 0.892. The fraction of sp³-hybridized carbons (Fsp3) is 0.750. The van der Waals surface area contributed by atoms with Crippen molar-refractivity contribution in [1.82, 2.24) is 0 Å². The van der Waals surface area contributed by atoms with Gasteiger partial charge in [0.15, 0.2) is 0 Å². The monoisotopic (exact) mass is 220 g/mol. The van der Waals surface area contributed by atoms with E-state index in [-0.39, 0.29) is 0 Å². The van der Waals surface area contributed by atoms with Gasteiger partial charge in [0.1, 0.15) is 0 Å². The Hall–Kier alpha value is -0.520. The Morgan fingerprint density at radius 2 is 1.81 bits per heavy atom. The van der Waals surface area contributed by atoms with Crippen molar-refractivity contribution in [3.05, 3.63) is 23.8 Å². The Morgan fingerprint density at radius 3 is 2.50 bits per heavy atom. The molecule has 0 N–H and O–H groups in total. The Morgan fingerprint density at radius 1 is 1.12 bits per heavy atom. The van der Waals surface area contributed by atoms with E-state index in [0.29, 0.717) is 0 Å². The number of hydrogen-bond acceptors (Lipinski definition) is 0. The van der Waals surface area contributed by atoms with Crippen molar-refractivity contribution in [3.63, 3.8) is 0 Å². The lowest BCUT2D eigenvalue weighted by Gasteiger charge is -2.22. The summed E-state index contributed by atoms with van der Waals surface area (Å²) >= 11 is 0. The molecule has 0 heterocycles. The second-order valence-corrected chi connectivity index (χ2v) is 5.48. The Balaban J connectivity index is 2.05. The summed E-state index contributed by atoms with van der Waals surface area (Å²) in [7, 11) is 0. The number of allylic oxidation sites excluding steroid dienone is 3. The molecule has 1 aliphatic rings. The highest BCUT2D eigenvalue weighted by molar-refractivity contribution is 5.24. The smallest absolute Gasteiger partial charge is 0.0253 e. The molecule has 0 aromatic rings. The first-order valence-electron chi connectivity index (χ1n) is 7.07. The summed E-state index contributed by atoms with van der Waals surface area (Å²) in [6.45, 7) is 8.64. The average molecular weight is 220 g/mol. The second-order valence-electron chi connectivity index (χ2n) is 5.48. The molecule has 0 nitrogen and oxygen atoms in total. The maximum Gasteiger partial charge on any atom is -0.0253 e. The Bertz CT molecular complexity index is 234. The van der Waals surface area contributed by atoms with Crippen LogP contribution < -0.4 is 0 Å². The van der Waals surface area contributed by atoms with Gasteiger partial charge in [-0.1, -0.05) is 69.2 Å². The molecule has 0 amide bonds. The highest BCUT2D eigenvalue weighted by Gasteiger charge is 2.14. The van der Waals surface area contributed by atoms with Crippen LogP contribution in [0, 0.1) is 5.92 Å². The third kappa shape index (κ3) is 5.53. The lowest BCUT2D eigenvalue weighted by Crippen LogP contribution is -2.07. The predicted octanol–water partition coefficient (Wildman–Crippen LogP) is 5.65. The highest BCUT2D eigenvalue weighted by atomic mass is 14.2. The predicted molar refractivity (Wildman–Crippen MR) is 73.6 cm³/mol. The minimum Gasteiger partial charge on any atom is -0.0958 e. The third-order valence-electron chi connectivity index (χ3n) is 3.58. The van der Waals surface area contributed by atoms with Crippen LogP contribution in [0.25, 0.3) is 0 Å². The normalized spacial score (nSPS) is 21.0. The molecule has 0 aromatic heterocycles. The zero-order valence-corrected chi connectivity index (χ0v) is 11.2. The first-order chi connectivity index (χ1) is 7.72. The van der Waals surface area contributed by atoms with Gasteiger partial charge in [-0.2, -0.15) is 0 Å². The standard InChI is InChI=1S/C16H28/c1-4-5-6-7-8-9-10-16-12-14(2)11-15(3)13-16/h11,16H,2,4-10,12-13H2,1,3H3. The topological polar surface area (TPSA) is 0 Å². The first-order valence-corrected chi connectivity index (χ1v) is 7.07. The SMILES string of the molecule is C=C1C=C(C)CC(CCCCCCCC)C1. The highest BCUT2D eigenvalue weighted by Crippen LogP contribution is 2.30. The van der Waals surface area contributed by atoms with Crippen LogP contribution in [0.2, 0.25) is 0 Å². The molecular formula is C16H28. The summed E-state index contributed by atoms with van der Waals surface area (Å²) in [4.78, 5) is 0. The molecule has 0 heteroatoms. The van der Waals surface area contributed by atoms with Crippen molar-refractivity contribution >= 4 is 0 Å². The summed E-state index contributed by atoms with van der Waals surface area (Å²) in [5.41, 5.74) is 2.88. The molecule has 16 heavy (non-hydrogen) atoms. The van der Waals surface area contributed by atoms with E-state index in [2.05, 4.69) is 26.5 Å². The van der Waals surface area contributed by atoms with Crippen molar-refractivity contribution < 1.29 is 0 Å². The van der Waals surface area contributed by atoms with E-state index in [1.54, 1.807) is 0 Å². The first kappa shape index (κ1) is 13.5. The van der Waals surface area contributed by atoms with Crippen LogP contribution in [0.15, 0.2) is 23.8 Å². The molecule has 92 valence electrons. The maximum atomic E-state index is 4.11. The average Bonchev–Trinajstić information content (AvgIpc) is 2.22. The van der Waals surface area contributed by atoms with E-state index in [1.165, 1.54) is 68.9 Å². The van der Waals surface area contributed by atoms with Crippen LogP contribution in [-0.2, 0) is 0 Å². The molecular weight excluding hydrogens is 192 g/mol.